The normalized spacial score (nSPS) is 30.2. The predicted octanol–water partition coefficient (Wildman–Crippen LogP) is 3.93. The van der Waals surface area contributed by atoms with E-state index in [-0.39, 0.29) is 24.2 Å². The van der Waals surface area contributed by atoms with Gasteiger partial charge in [-0.2, -0.15) is 5.26 Å². The molecule has 3 N–H and O–H groups in total. The molecule has 6 rings (SSSR count). The number of hydrogen-bond donors (Lipinski definition) is 3. The maximum absolute atomic E-state index is 13.2. The standard InChI is InChI=1S/C32H41N5O3/c1-2-23(19-34-20-27-8-3-4-15-39-27)24-7-5-6-22(16-24)17-28-30(40-28)36-29-18-26(11-13-35-29)37-14-12-32(21-33,31(37)38)25-9-10-25/h5-7,11,16,18-19,25,27-28,30,34-36H,2-4,8-10,12-15,17,20H2,1H3/b23-19+. The van der Waals surface area contributed by atoms with Gasteiger partial charge in [-0.1, -0.05) is 31.2 Å². The Kier molecular flexibility index (Phi) is 7.86. The van der Waals surface area contributed by atoms with E-state index in [1.165, 1.54) is 29.5 Å². The molecule has 0 spiro atoms. The van der Waals surface area contributed by atoms with Crippen LogP contribution in [-0.2, 0) is 20.7 Å². The Hall–Kier alpha value is -3.28. The highest BCUT2D eigenvalue weighted by Crippen LogP contribution is 2.52. The fourth-order valence-electron chi connectivity index (χ4n) is 6.32. The first-order valence-corrected chi connectivity index (χ1v) is 15.0. The second-order valence-corrected chi connectivity index (χ2v) is 11.7. The molecule has 0 aromatic heterocycles. The van der Waals surface area contributed by atoms with Crippen molar-refractivity contribution in [2.24, 2.45) is 11.3 Å². The van der Waals surface area contributed by atoms with Crippen molar-refractivity contribution in [1.29, 1.82) is 5.26 Å². The topological polar surface area (TPSA) is 102 Å². The Balaban J connectivity index is 1.02. The SMILES string of the molecule is CC/C(=C\NCC1CCCCO1)c1cccc(CC2OC2NC2=CC(N3CCC(C#N)(C4CC4)C3=O)=CCN2)c1. The van der Waals surface area contributed by atoms with E-state index in [4.69, 9.17) is 9.47 Å². The molecule has 40 heavy (non-hydrogen) atoms. The van der Waals surface area contributed by atoms with Gasteiger partial charge in [0.2, 0.25) is 5.91 Å². The summed E-state index contributed by atoms with van der Waals surface area (Å²) >= 11 is 0. The smallest absolute Gasteiger partial charge is 0.247 e. The fourth-order valence-corrected chi connectivity index (χ4v) is 6.32. The van der Waals surface area contributed by atoms with Gasteiger partial charge in [0.25, 0.3) is 0 Å². The van der Waals surface area contributed by atoms with Gasteiger partial charge in [-0.05, 0) is 73.6 Å². The number of hydrogen-bond acceptors (Lipinski definition) is 7. The maximum Gasteiger partial charge on any atom is 0.247 e. The van der Waals surface area contributed by atoms with E-state index >= 15 is 0 Å². The van der Waals surface area contributed by atoms with Gasteiger partial charge in [-0.15, -0.1) is 0 Å². The Morgan fingerprint density at radius 2 is 2.20 bits per heavy atom. The van der Waals surface area contributed by atoms with Crippen molar-refractivity contribution < 1.29 is 14.3 Å². The van der Waals surface area contributed by atoms with Crippen molar-refractivity contribution in [3.8, 4) is 6.07 Å². The lowest BCUT2D eigenvalue weighted by Crippen LogP contribution is -2.38. The molecule has 1 aromatic rings. The van der Waals surface area contributed by atoms with Crippen LogP contribution in [0.3, 0.4) is 0 Å². The summed E-state index contributed by atoms with van der Waals surface area (Å²) < 4.78 is 11.8. The number of amides is 1. The van der Waals surface area contributed by atoms with Crippen molar-refractivity contribution >= 4 is 11.5 Å². The molecule has 8 nitrogen and oxygen atoms in total. The van der Waals surface area contributed by atoms with E-state index in [1.54, 1.807) is 4.90 Å². The minimum absolute atomic E-state index is 0.0281. The monoisotopic (exact) mass is 543 g/mol. The lowest BCUT2D eigenvalue weighted by atomic mass is 9.83. The number of allylic oxidation sites excluding steroid dienone is 2. The van der Waals surface area contributed by atoms with Gasteiger partial charge in [0, 0.05) is 50.6 Å². The van der Waals surface area contributed by atoms with Gasteiger partial charge in [0.1, 0.15) is 17.3 Å². The molecule has 8 heteroatoms. The van der Waals surface area contributed by atoms with Crippen LogP contribution in [0.2, 0.25) is 0 Å². The highest BCUT2D eigenvalue weighted by atomic mass is 16.6. The van der Waals surface area contributed by atoms with Gasteiger partial charge in [0.15, 0.2) is 6.23 Å². The lowest BCUT2D eigenvalue weighted by Gasteiger charge is -2.25. The molecular weight excluding hydrogens is 502 g/mol. The summed E-state index contributed by atoms with van der Waals surface area (Å²) in [5, 5.41) is 20.1. The number of ether oxygens (including phenoxy) is 2. The van der Waals surface area contributed by atoms with Crippen molar-refractivity contribution in [2.75, 3.05) is 26.2 Å². The molecule has 3 saturated heterocycles. The number of nitrogens with zero attached hydrogens (tertiary/aromatic N) is 2. The average molecular weight is 544 g/mol. The summed E-state index contributed by atoms with van der Waals surface area (Å²) in [4.78, 5) is 15.0. The van der Waals surface area contributed by atoms with Crippen LogP contribution >= 0.6 is 0 Å². The fraction of sp³-hybridized carbons (Fsp3) is 0.562. The van der Waals surface area contributed by atoms with Crippen LogP contribution in [0.5, 0.6) is 0 Å². The Labute approximate surface area is 237 Å². The third-order valence-electron chi connectivity index (χ3n) is 8.93. The van der Waals surface area contributed by atoms with Crippen molar-refractivity contribution in [2.45, 2.75) is 76.7 Å². The largest absolute Gasteiger partial charge is 0.388 e. The van der Waals surface area contributed by atoms with E-state index in [1.807, 2.05) is 12.2 Å². The molecule has 4 fully saturated rings. The number of nitrogens with one attached hydrogen (secondary N) is 3. The van der Waals surface area contributed by atoms with Crippen LogP contribution < -0.4 is 16.0 Å². The van der Waals surface area contributed by atoms with Gasteiger partial charge in [-0.25, -0.2) is 0 Å². The van der Waals surface area contributed by atoms with E-state index in [0.717, 1.165) is 56.8 Å². The molecular formula is C32H41N5O3. The van der Waals surface area contributed by atoms with E-state index < -0.39 is 5.41 Å². The zero-order valence-corrected chi connectivity index (χ0v) is 23.5. The molecule has 0 radical (unpaired) electrons. The van der Waals surface area contributed by atoms with E-state index in [2.05, 4.69) is 59.4 Å². The third-order valence-corrected chi connectivity index (χ3v) is 8.93. The molecule has 4 heterocycles. The summed E-state index contributed by atoms with van der Waals surface area (Å²) in [6.07, 6.45) is 14.5. The van der Waals surface area contributed by atoms with E-state index in [9.17, 15) is 10.1 Å². The molecule has 4 unspecified atom stereocenters. The first-order valence-electron chi connectivity index (χ1n) is 15.0. The summed E-state index contributed by atoms with van der Waals surface area (Å²) in [5.41, 5.74) is 3.83. The van der Waals surface area contributed by atoms with Gasteiger partial charge < -0.3 is 30.3 Å². The molecule has 1 aromatic carbocycles. The number of rotatable bonds is 11. The molecule has 4 atom stereocenters. The van der Waals surface area contributed by atoms with Crippen LogP contribution in [0, 0.1) is 22.7 Å². The number of carbonyl (C=O) groups is 1. The quantitative estimate of drug-likeness (QED) is 0.364. The van der Waals surface area contributed by atoms with Crippen LogP contribution in [-0.4, -0.2) is 55.5 Å². The Bertz CT molecular complexity index is 1240. The van der Waals surface area contributed by atoms with Gasteiger partial charge in [-0.3, -0.25) is 4.79 Å². The zero-order chi connectivity index (χ0) is 27.5. The number of dihydropyridines is 1. The number of nitriles is 1. The Morgan fingerprint density at radius 1 is 1.30 bits per heavy atom. The van der Waals surface area contributed by atoms with Crippen LogP contribution in [0.25, 0.3) is 5.57 Å². The van der Waals surface area contributed by atoms with Crippen molar-refractivity contribution in [3.05, 3.63) is 65.3 Å². The minimum atomic E-state index is -0.820. The molecule has 1 amide bonds. The zero-order valence-electron chi connectivity index (χ0n) is 23.5. The summed E-state index contributed by atoms with van der Waals surface area (Å²) in [5.74, 6) is 1.06. The number of benzene rings is 1. The molecule has 212 valence electrons. The van der Waals surface area contributed by atoms with Crippen molar-refractivity contribution in [1.82, 2.24) is 20.9 Å². The first-order chi connectivity index (χ1) is 19.6. The Morgan fingerprint density at radius 3 is 2.98 bits per heavy atom. The molecule has 1 aliphatic carbocycles. The average Bonchev–Trinajstić information content (AvgIpc) is 3.92. The number of likely N-dealkylation sites (tertiary alicyclic amines) is 1. The van der Waals surface area contributed by atoms with Gasteiger partial charge >= 0.3 is 0 Å². The summed E-state index contributed by atoms with van der Waals surface area (Å²) in [6.45, 7) is 5.17. The summed E-state index contributed by atoms with van der Waals surface area (Å²) in [6, 6.07) is 11.1. The highest BCUT2D eigenvalue weighted by Gasteiger charge is 2.57. The lowest BCUT2D eigenvalue weighted by molar-refractivity contribution is -0.132. The molecule has 1 saturated carbocycles. The molecule has 4 aliphatic heterocycles. The second-order valence-electron chi connectivity index (χ2n) is 11.7. The third kappa shape index (κ3) is 5.77. The number of epoxide rings is 1. The molecule has 0 bridgehead atoms. The van der Waals surface area contributed by atoms with Crippen molar-refractivity contribution in [3.63, 3.8) is 0 Å². The highest BCUT2D eigenvalue weighted by molar-refractivity contribution is 5.90. The van der Waals surface area contributed by atoms with Crippen LogP contribution in [0.15, 0.2) is 54.1 Å². The number of carbonyl (C=O) groups excluding carboxylic acids is 1. The van der Waals surface area contributed by atoms with E-state index in [0.29, 0.717) is 25.6 Å². The van der Waals surface area contributed by atoms with Crippen LogP contribution in [0.4, 0.5) is 0 Å². The van der Waals surface area contributed by atoms with Gasteiger partial charge in [0.05, 0.1) is 12.2 Å². The van der Waals surface area contributed by atoms with Crippen LogP contribution in [0.1, 0.15) is 63.0 Å². The predicted molar refractivity (Wildman–Crippen MR) is 153 cm³/mol. The minimum Gasteiger partial charge on any atom is -0.388 e. The first kappa shape index (κ1) is 26.9. The summed E-state index contributed by atoms with van der Waals surface area (Å²) in [7, 11) is 0. The maximum atomic E-state index is 13.2. The second kappa shape index (κ2) is 11.7. The molecule has 5 aliphatic rings.